The molecule has 0 aliphatic heterocycles. The molecular weight excluding hydrogens is 396 g/mol. The van der Waals surface area contributed by atoms with Crippen LogP contribution in [0.5, 0.6) is 17.2 Å². The first kappa shape index (κ1) is 21.3. The van der Waals surface area contributed by atoms with Gasteiger partial charge in [0, 0.05) is 0 Å². The summed E-state index contributed by atoms with van der Waals surface area (Å²) in [6.07, 6.45) is 2.18. The molecule has 0 aliphatic rings. The van der Waals surface area contributed by atoms with Crippen molar-refractivity contribution in [1.82, 2.24) is 0 Å². The predicted octanol–water partition coefficient (Wildman–Crippen LogP) is 6.87. The Morgan fingerprint density at radius 2 is 1.09 bits per heavy atom. The minimum Gasteiger partial charge on any atom is -0.497 e. The molecule has 0 saturated heterocycles. The van der Waals surface area contributed by atoms with Crippen LogP contribution in [-0.2, 0) is 6.61 Å². The number of benzene rings is 4. The molecule has 32 heavy (non-hydrogen) atoms. The second kappa shape index (κ2) is 10.4. The third kappa shape index (κ3) is 5.38. The molecule has 4 aromatic rings. The van der Waals surface area contributed by atoms with Crippen molar-refractivity contribution in [2.75, 3.05) is 14.2 Å². The van der Waals surface area contributed by atoms with Gasteiger partial charge in [0.05, 0.1) is 14.2 Å². The number of rotatable bonds is 8. The molecule has 4 rings (SSSR count). The van der Waals surface area contributed by atoms with E-state index in [1.165, 1.54) is 0 Å². The van der Waals surface area contributed by atoms with Gasteiger partial charge in [0.25, 0.3) is 0 Å². The van der Waals surface area contributed by atoms with Gasteiger partial charge in [-0.25, -0.2) is 0 Å². The molecule has 0 fully saturated rings. The van der Waals surface area contributed by atoms with Crippen molar-refractivity contribution in [1.29, 1.82) is 0 Å². The van der Waals surface area contributed by atoms with Crippen LogP contribution in [0.15, 0.2) is 103 Å². The third-order valence-electron chi connectivity index (χ3n) is 5.24. The van der Waals surface area contributed by atoms with Gasteiger partial charge in [-0.15, -0.1) is 0 Å². The number of hydrogen-bond acceptors (Lipinski definition) is 3. The fourth-order valence-corrected chi connectivity index (χ4v) is 3.44. The molecule has 0 spiro atoms. The summed E-state index contributed by atoms with van der Waals surface area (Å²) < 4.78 is 16.6. The Morgan fingerprint density at radius 1 is 0.594 bits per heavy atom. The third-order valence-corrected chi connectivity index (χ3v) is 5.24. The van der Waals surface area contributed by atoms with E-state index < -0.39 is 0 Å². The first-order valence-electron chi connectivity index (χ1n) is 10.5. The zero-order valence-corrected chi connectivity index (χ0v) is 18.3. The minimum absolute atomic E-state index is 0.549. The Bertz CT molecular complexity index is 1140. The lowest BCUT2D eigenvalue weighted by Crippen LogP contribution is -1.95. The van der Waals surface area contributed by atoms with Crippen molar-refractivity contribution in [3.63, 3.8) is 0 Å². The average Bonchev–Trinajstić information content (AvgIpc) is 2.87. The maximum absolute atomic E-state index is 5.96. The molecule has 0 atom stereocenters. The van der Waals surface area contributed by atoms with Gasteiger partial charge in [0.15, 0.2) is 0 Å². The SMILES string of the molecule is COc1ccc(C=C(c2ccc(OC)cc2)c2ccc(OCc3ccccc3)cc2)cc1. The normalized spacial score (nSPS) is 11.1. The first-order chi connectivity index (χ1) is 15.7. The molecule has 0 bridgehead atoms. The van der Waals surface area contributed by atoms with E-state index in [0.29, 0.717) is 6.61 Å². The van der Waals surface area contributed by atoms with Gasteiger partial charge >= 0.3 is 0 Å². The van der Waals surface area contributed by atoms with Crippen molar-refractivity contribution < 1.29 is 14.2 Å². The fourth-order valence-electron chi connectivity index (χ4n) is 3.44. The molecule has 0 N–H and O–H groups in total. The molecule has 0 amide bonds. The minimum atomic E-state index is 0.549. The largest absolute Gasteiger partial charge is 0.497 e. The van der Waals surface area contributed by atoms with E-state index in [0.717, 1.165) is 45.1 Å². The van der Waals surface area contributed by atoms with E-state index in [2.05, 4.69) is 54.6 Å². The zero-order valence-electron chi connectivity index (χ0n) is 18.3. The molecule has 3 heteroatoms. The fraction of sp³-hybridized carbons (Fsp3) is 0.103. The highest BCUT2D eigenvalue weighted by molar-refractivity contribution is 5.91. The summed E-state index contributed by atoms with van der Waals surface area (Å²) in [6.45, 7) is 0.549. The molecule has 0 aliphatic carbocycles. The smallest absolute Gasteiger partial charge is 0.119 e. The molecule has 0 radical (unpaired) electrons. The molecule has 0 saturated carbocycles. The van der Waals surface area contributed by atoms with E-state index in [1.54, 1.807) is 14.2 Å². The van der Waals surface area contributed by atoms with Crippen LogP contribution in [0.3, 0.4) is 0 Å². The Morgan fingerprint density at radius 3 is 1.62 bits per heavy atom. The Kier molecular flexibility index (Phi) is 6.88. The van der Waals surface area contributed by atoms with Crippen molar-refractivity contribution in [2.45, 2.75) is 6.61 Å². The van der Waals surface area contributed by atoms with Crippen LogP contribution < -0.4 is 14.2 Å². The van der Waals surface area contributed by atoms with Gasteiger partial charge in [0.1, 0.15) is 23.9 Å². The van der Waals surface area contributed by atoms with Gasteiger partial charge < -0.3 is 14.2 Å². The van der Waals surface area contributed by atoms with Crippen LogP contribution in [-0.4, -0.2) is 14.2 Å². The molecule has 0 aromatic heterocycles. The molecule has 3 nitrogen and oxygen atoms in total. The van der Waals surface area contributed by atoms with Crippen molar-refractivity contribution >= 4 is 11.6 Å². The van der Waals surface area contributed by atoms with Gasteiger partial charge in [0.2, 0.25) is 0 Å². The Labute approximate surface area is 189 Å². The van der Waals surface area contributed by atoms with Gasteiger partial charge in [-0.1, -0.05) is 66.7 Å². The van der Waals surface area contributed by atoms with Crippen molar-refractivity contribution in [2.24, 2.45) is 0 Å². The van der Waals surface area contributed by atoms with E-state index in [4.69, 9.17) is 14.2 Å². The van der Waals surface area contributed by atoms with E-state index in [9.17, 15) is 0 Å². The lowest BCUT2D eigenvalue weighted by Gasteiger charge is -2.12. The highest BCUT2D eigenvalue weighted by Gasteiger charge is 2.07. The quantitative estimate of drug-likeness (QED) is 0.290. The number of methoxy groups -OCH3 is 2. The van der Waals surface area contributed by atoms with Crippen molar-refractivity contribution in [3.05, 3.63) is 125 Å². The Hall–Kier alpha value is -3.98. The molecule has 4 aromatic carbocycles. The second-order valence-corrected chi connectivity index (χ2v) is 7.36. The summed E-state index contributed by atoms with van der Waals surface area (Å²) in [5, 5.41) is 0. The highest BCUT2D eigenvalue weighted by Crippen LogP contribution is 2.29. The summed E-state index contributed by atoms with van der Waals surface area (Å²) in [4.78, 5) is 0. The van der Waals surface area contributed by atoms with Crippen molar-refractivity contribution in [3.8, 4) is 17.2 Å². The summed E-state index contributed by atoms with van der Waals surface area (Å²) in [5.41, 5.74) is 5.58. The van der Waals surface area contributed by atoms with Crippen LogP contribution in [0.25, 0.3) is 11.6 Å². The molecular formula is C29H26O3. The molecule has 0 unspecified atom stereocenters. The predicted molar refractivity (Wildman–Crippen MR) is 130 cm³/mol. The monoisotopic (exact) mass is 422 g/mol. The van der Waals surface area contributed by atoms with Crippen LogP contribution in [0.4, 0.5) is 0 Å². The highest BCUT2D eigenvalue weighted by atomic mass is 16.5. The summed E-state index contributed by atoms with van der Waals surface area (Å²) >= 11 is 0. The Balaban J connectivity index is 1.61. The topological polar surface area (TPSA) is 27.7 Å². The maximum atomic E-state index is 5.96. The lowest BCUT2D eigenvalue weighted by atomic mass is 9.95. The van der Waals surface area contributed by atoms with Crippen LogP contribution in [0, 0.1) is 0 Å². The van der Waals surface area contributed by atoms with Crippen LogP contribution >= 0.6 is 0 Å². The maximum Gasteiger partial charge on any atom is 0.119 e. The summed E-state index contributed by atoms with van der Waals surface area (Å²) in [6, 6.07) is 34.6. The first-order valence-corrected chi connectivity index (χ1v) is 10.5. The van der Waals surface area contributed by atoms with E-state index in [1.807, 2.05) is 54.6 Å². The second-order valence-electron chi connectivity index (χ2n) is 7.36. The van der Waals surface area contributed by atoms with Gasteiger partial charge in [-0.3, -0.25) is 0 Å². The standard InChI is InChI=1S/C29H26O3/c1-30-26-14-8-22(9-15-26)20-29(24-10-16-27(31-2)17-11-24)25-12-18-28(19-13-25)32-21-23-6-4-3-5-7-23/h3-20H,21H2,1-2H3. The average molecular weight is 423 g/mol. The molecule has 160 valence electrons. The molecule has 0 heterocycles. The lowest BCUT2D eigenvalue weighted by molar-refractivity contribution is 0.306. The van der Waals surface area contributed by atoms with Gasteiger partial charge in [-0.05, 0) is 70.3 Å². The van der Waals surface area contributed by atoms with Crippen LogP contribution in [0.2, 0.25) is 0 Å². The van der Waals surface area contributed by atoms with E-state index in [-0.39, 0.29) is 0 Å². The van der Waals surface area contributed by atoms with Crippen LogP contribution in [0.1, 0.15) is 22.3 Å². The summed E-state index contributed by atoms with van der Waals surface area (Å²) in [7, 11) is 3.35. The zero-order chi connectivity index (χ0) is 22.2. The number of hydrogen-bond donors (Lipinski definition) is 0. The number of ether oxygens (including phenoxy) is 3. The summed E-state index contributed by atoms with van der Waals surface area (Å²) in [5.74, 6) is 2.52. The van der Waals surface area contributed by atoms with E-state index >= 15 is 0 Å². The van der Waals surface area contributed by atoms with Gasteiger partial charge in [-0.2, -0.15) is 0 Å².